The van der Waals surface area contributed by atoms with E-state index in [4.69, 9.17) is 4.74 Å². The van der Waals surface area contributed by atoms with Gasteiger partial charge in [0.2, 0.25) is 0 Å². The Morgan fingerprint density at radius 1 is 1.50 bits per heavy atom. The van der Waals surface area contributed by atoms with Crippen LogP contribution in [0.5, 0.6) is 5.75 Å². The number of phenolic OH excluding ortho intramolecular Hbond substituents is 1. The van der Waals surface area contributed by atoms with E-state index in [1.807, 2.05) is 0 Å². The Morgan fingerprint density at radius 2 is 2.14 bits per heavy atom. The number of carbonyl (C=O) groups is 1. The van der Waals surface area contributed by atoms with Crippen molar-refractivity contribution in [2.24, 2.45) is 0 Å². The fraction of sp³-hybridized carbons (Fsp3) is 0.100. The van der Waals surface area contributed by atoms with Crippen LogP contribution in [0.15, 0.2) is 36.9 Å². The first-order chi connectivity index (χ1) is 6.25. The van der Waals surface area contributed by atoms with Crippen molar-refractivity contribution in [3.05, 3.63) is 42.5 Å². The van der Waals surface area contributed by atoms with E-state index in [9.17, 15) is 9.90 Å². The van der Waals surface area contributed by atoms with Crippen molar-refractivity contribution in [3.63, 3.8) is 0 Å². The van der Waals surface area contributed by atoms with E-state index in [0.717, 1.165) is 0 Å². The summed E-state index contributed by atoms with van der Waals surface area (Å²) in [5.74, 6) is -0.616. The molecule has 3 nitrogen and oxygen atoms in total. The van der Waals surface area contributed by atoms with Crippen LogP contribution in [0.4, 0.5) is 0 Å². The fourth-order valence-corrected chi connectivity index (χ4v) is 0.859. The van der Waals surface area contributed by atoms with Crippen LogP contribution in [-0.2, 0) is 22.1 Å². The molecule has 0 fully saturated rings. The molecule has 1 aromatic rings. The van der Waals surface area contributed by atoms with Crippen LogP contribution < -0.4 is 0 Å². The van der Waals surface area contributed by atoms with E-state index >= 15 is 0 Å². The molecule has 0 spiro atoms. The summed E-state index contributed by atoms with van der Waals surface area (Å²) in [5.41, 5.74) is 0.171. The van der Waals surface area contributed by atoms with Gasteiger partial charge in [0.25, 0.3) is 0 Å². The Bertz CT molecular complexity index is 323. The van der Waals surface area contributed by atoms with Crippen molar-refractivity contribution < 1.29 is 32.0 Å². The minimum absolute atomic E-state index is 0. The van der Waals surface area contributed by atoms with E-state index in [-0.39, 0.29) is 35.3 Å². The van der Waals surface area contributed by atoms with Crippen molar-refractivity contribution >= 4 is 5.97 Å². The second-order valence-corrected chi connectivity index (χ2v) is 2.40. The molecular weight excluding hydrogens is 220 g/mol. The molecule has 0 heterocycles. The number of carbonyl (C=O) groups excluding carboxylic acids is 1. The van der Waals surface area contributed by atoms with Crippen LogP contribution >= 0.6 is 0 Å². The van der Waals surface area contributed by atoms with Gasteiger partial charge < -0.3 is 9.84 Å². The predicted octanol–water partition coefficient (Wildman–Crippen LogP) is 1.73. The molecule has 0 bridgehead atoms. The number of rotatable bonds is 3. The van der Waals surface area contributed by atoms with Gasteiger partial charge in [0.15, 0.2) is 0 Å². The normalized spacial score (nSPS) is 8.57. The number of hydrogen-bond acceptors (Lipinski definition) is 3. The molecule has 0 radical (unpaired) electrons. The van der Waals surface area contributed by atoms with Crippen LogP contribution in [-0.4, -0.2) is 17.7 Å². The Morgan fingerprint density at radius 3 is 2.71 bits per heavy atom. The van der Waals surface area contributed by atoms with Gasteiger partial charge in [0.05, 0.1) is 0 Å². The molecule has 0 amide bonds. The van der Waals surface area contributed by atoms with Gasteiger partial charge in [-0.2, -0.15) is 0 Å². The van der Waals surface area contributed by atoms with Gasteiger partial charge in [-0.1, -0.05) is 24.8 Å². The van der Waals surface area contributed by atoms with Crippen molar-refractivity contribution in [1.82, 2.24) is 0 Å². The second kappa shape index (κ2) is 6.25. The standard InChI is InChI=1S/C10H10O3.Cr/c1-2-7-13-10(12)8-5-3-4-6-9(8)11;/h2-6,11H,1,7H2;. The Hall–Kier alpha value is -1.24. The monoisotopic (exact) mass is 230 g/mol. The van der Waals surface area contributed by atoms with Crippen molar-refractivity contribution in [3.8, 4) is 5.75 Å². The van der Waals surface area contributed by atoms with Gasteiger partial charge in [0, 0.05) is 17.4 Å². The Balaban J connectivity index is 0.00000169. The summed E-state index contributed by atoms with van der Waals surface area (Å²) in [6.45, 7) is 3.56. The summed E-state index contributed by atoms with van der Waals surface area (Å²) < 4.78 is 4.74. The average Bonchev–Trinajstić information content (AvgIpc) is 2.15. The summed E-state index contributed by atoms with van der Waals surface area (Å²) in [6, 6.07) is 6.23. The van der Waals surface area contributed by atoms with Gasteiger partial charge >= 0.3 is 5.97 Å². The first kappa shape index (κ1) is 12.8. The maximum absolute atomic E-state index is 11.2. The van der Waals surface area contributed by atoms with Crippen LogP contribution in [0.3, 0.4) is 0 Å². The minimum Gasteiger partial charge on any atom is -0.507 e. The molecule has 0 unspecified atom stereocenters. The van der Waals surface area contributed by atoms with E-state index < -0.39 is 5.97 Å². The third kappa shape index (κ3) is 3.25. The SMILES string of the molecule is C=CCOC(=O)c1ccccc1O.[Cr]. The molecule has 0 aliphatic carbocycles. The fourth-order valence-electron chi connectivity index (χ4n) is 0.859. The molecular formula is C10H10CrO3. The number of benzene rings is 1. The van der Waals surface area contributed by atoms with Crippen molar-refractivity contribution in [2.45, 2.75) is 0 Å². The van der Waals surface area contributed by atoms with Gasteiger partial charge in [-0.3, -0.25) is 0 Å². The smallest absolute Gasteiger partial charge is 0.342 e. The molecule has 1 rings (SSSR count). The molecule has 14 heavy (non-hydrogen) atoms. The zero-order valence-electron chi connectivity index (χ0n) is 7.47. The third-order valence-corrected chi connectivity index (χ3v) is 1.46. The topological polar surface area (TPSA) is 46.5 Å². The van der Waals surface area contributed by atoms with Gasteiger partial charge in [-0.05, 0) is 12.1 Å². The van der Waals surface area contributed by atoms with Gasteiger partial charge in [0.1, 0.15) is 17.9 Å². The Kier molecular flexibility index (Phi) is 5.70. The molecule has 0 aromatic heterocycles. The molecule has 4 heteroatoms. The number of ether oxygens (including phenoxy) is 1. The summed E-state index contributed by atoms with van der Waals surface area (Å²) in [6.07, 6.45) is 1.47. The number of para-hydroxylation sites is 1. The molecule has 0 aliphatic rings. The molecule has 0 aliphatic heterocycles. The van der Waals surface area contributed by atoms with Crippen molar-refractivity contribution in [2.75, 3.05) is 6.61 Å². The summed E-state index contributed by atoms with van der Waals surface area (Å²) in [7, 11) is 0. The van der Waals surface area contributed by atoms with Crippen molar-refractivity contribution in [1.29, 1.82) is 0 Å². The van der Waals surface area contributed by atoms with Gasteiger partial charge in [-0.15, -0.1) is 0 Å². The van der Waals surface area contributed by atoms with E-state index in [1.54, 1.807) is 12.1 Å². The first-order valence-corrected chi connectivity index (χ1v) is 3.81. The number of esters is 1. The Labute approximate surface area is 93.1 Å². The van der Waals surface area contributed by atoms with E-state index in [2.05, 4.69) is 6.58 Å². The van der Waals surface area contributed by atoms with Crippen LogP contribution in [0, 0.1) is 0 Å². The second-order valence-electron chi connectivity index (χ2n) is 2.40. The number of hydrogen-bond donors (Lipinski definition) is 1. The molecule has 0 saturated carbocycles. The molecule has 1 N–H and O–H groups in total. The third-order valence-electron chi connectivity index (χ3n) is 1.46. The van der Waals surface area contributed by atoms with Gasteiger partial charge in [-0.25, -0.2) is 4.79 Å². The van der Waals surface area contributed by atoms with Crippen LogP contribution in [0.2, 0.25) is 0 Å². The maximum Gasteiger partial charge on any atom is 0.342 e. The zero-order chi connectivity index (χ0) is 9.68. The summed E-state index contributed by atoms with van der Waals surface area (Å²) in [4.78, 5) is 11.2. The van der Waals surface area contributed by atoms with Crippen LogP contribution in [0.25, 0.3) is 0 Å². The predicted molar refractivity (Wildman–Crippen MR) is 48.6 cm³/mol. The molecule has 0 atom stereocenters. The summed E-state index contributed by atoms with van der Waals surface area (Å²) >= 11 is 0. The zero-order valence-corrected chi connectivity index (χ0v) is 8.75. The first-order valence-electron chi connectivity index (χ1n) is 3.81. The molecule has 1 aromatic carbocycles. The number of phenols is 1. The molecule has 0 saturated heterocycles. The minimum atomic E-state index is -0.544. The summed E-state index contributed by atoms with van der Waals surface area (Å²) in [5, 5.41) is 9.25. The number of aromatic hydroxyl groups is 1. The quantitative estimate of drug-likeness (QED) is 0.635. The van der Waals surface area contributed by atoms with E-state index in [1.165, 1.54) is 18.2 Å². The average molecular weight is 230 g/mol. The maximum atomic E-state index is 11.2. The van der Waals surface area contributed by atoms with E-state index in [0.29, 0.717) is 0 Å². The largest absolute Gasteiger partial charge is 0.507 e. The van der Waals surface area contributed by atoms with Crippen LogP contribution in [0.1, 0.15) is 10.4 Å². The molecule has 74 valence electrons.